The largest absolute Gasteiger partial charge is 0.490 e. The van der Waals surface area contributed by atoms with E-state index in [0.717, 1.165) is 32.4 Å². The highest BCUT2D eigenvalue weighted by Crippen LogP contribution is 2.19. The maximum Gasteiger partial charge on any atom is 0.222 e. The molecule has 1 aromatic rings. The molecule has 21 heavy (non-hydrogen) atoms. The van der Waals surface area contributed by atoms with Gasteiger partial charge < -0.3 is 15.4 Å². The van der Waals surface area contributed by atoms with Gasteiger partial charge in [0.05, 0.1) is 0 Å². The van der Waals surface area contributed by atoms with Gasteiger partial charge in [-0.05, 0) is 37.2 Å². The number of likely N-dealkylation sites (tertiary alicyclic amines) is 1. The lowest BCUT2D eigenvalue weighted by atomic mass is 10.1. The average Bonchev–Trinajstić information content (AvgIpc) is 2.48. The molecule has 6 heteroatoms. The predicted octanol–water partition coefficient (Wildman–Crippen LogP) is 2.36. The summed E-state index contributed by atoms with van der Waals surface area (Å²) in [4.78, 5) is 13.7. The molecule has 1 amide bonds. The van der Waals surface area contributed by atoms with Crippen LogP contribution in [0.1, 0.15) is 25.7 Å². The lowest BCUT2D eigenvalue weighted by Gasteiger charge is -2.32. The first-order valence-electron chi connectivity index (χ1n) is 7.09. The molecule has 1 fully saturated rings. The molecule has 0 unspecified atom stereocenters. The van der Waals surface area contributed by atoms with Gasteiger partial charge >= 0.3 is 0 Å². The summed E-state index contributed by atoms with van der Waals surface area (Å²) in [6, 6.07) is 6.05. The highest BCUT2D eigenvalue weighted by Gasteiger charge is 2.23. The van der Waals surface area contributed by atoms with Crippen molar-refractivity contribution in [3.63, 3.8) is 0 Å². The Morgan fingerprint density at radius 3 is 2.48 bits per heavy atom. The van der Waals surface area contributed by atoms with Gasteiger partial charge in [-0.25, -0.2) is 4.39 Å². The Hall–Kier alpha value is -1.33. The molecule has 0 aliphatic carbocycles. The third-order valence-electron chi connectivity index (χ3n) is 3.51. The minimum absolute atomic E-state index is 0. The van der Waals surface area contributed by atoms with E-state index in [1.54, 1.807) is 12.1 Å². The van der Waals surface area contributed by atoms with Gasteiger partial charge in [0.1, 0.15) is 17.7 Å². The van der Waals surface area contributed by atoms with Crippen molar-refractivity contribution >= 4 is 18.3 Å². The van der Waals surface area contributed by atoms with E-state index in [4.69, 9.17) is 10.5 Å². The highest BCUT2D eigenvalue weighted by atomic mass is 35.5. The van der Waals surface area contributed by atoms with Gasteiger partial charge in [0.2, 0.25) is 5.91 Å². The zero-order valence-corrected chi connectivity index (χ0v) is 12.8. The molecule has 0 saturated carbocycles. The molecule has 1 heterocycles. The lowest BCUT2D eigenvalue weighted by Crippen LogP contribution is -2.41. The van der Waals surface area contributed by atoms with E-state index >= 15 is 0 Å². The number of ether oxygens (including phenoxy) is 1. The van der Waals surface area contributed by atoms with E-state index < -0.39 is 0 Å². The second kappa shape index (κ2) is 8.85. The minimum Gasteiger partial charge on any atom is -0.490 e. The highest BCUT2D eigenvalue weighted by molar-refractivity contribution is 5.85. The monoisotopic (exact) mass is 316 g/mol. The molecule has 0 aromatic heterocycles. The van der Waals surface area contributed by atoms with Crippen LogP contribution < -0.4 is 10.5 Å². The number of rotatable bonds is 5. The van der Waals surface area contributed by atoms with Gasteiger partial charge in [0.25, 0.3) is 0 Å². The first kappa shape index (κ1) is 17.7. The number of benzene rings is 1. The smallest absolute Gasteiger partial charge is 0.222 e. The normalized spacial score (nSPS) is 15.4. The standard InChI is InChI=1S/C15H21FN2O2.ClH/c16-12-3-5-13(6-4-12)20-14-7-10-18(11-8-14)15(19)2-1-9-17;/h3-6,14H,1-2,7-11,17H2;1H. The molecule has 0 atom stereocenters. The van der Waals surface area contributed by atoms with Crippen LogP contribution in [-0.2, 0) is 4.79 Å². The van der Waals surface area contributed by atoms with Crippen LogP contribution in [0.25, 0.3) is 0 Å². The molecular weight excluding hydrogens is 295 g/mol. The Morgan fingerprint density at radius 2 is 1.90 bits per heavy atom. The summed E-state index contributed by atoms with van der Waals surface area (Å²) in [5.74, 6) is 0.590. The van der Waals surface area contributed by atoms with Crippen LogP contribution in [0.15, 0.2) is 24.3 Å². The number of carbonyl (C=O) groups is 1. The molecule has 0 radical (unpaired) electrons. The molecule has 4 nitrogen and oxygen atoms in total. The predicted molar refractivity (Wildman–Crippen MR) is 82.2 cm³/mol. The molecule has 1 aliphatic heterocycles. The van der Waals surface area contributed by atoms with E-state index in [-0.39, 0.29) is 30.2 Å². The van der Waals surface area contributed by atoms with Crippen LogP contribution in [0.2, 0.25) is 0 Å². The molecule has 2 rings (SSSR count). The molecule has 1 saturated heterocycles. The van der Waals surface area contributed by atoms with Crippen LogP contribution in [-0.4, -0.2) is 36.5 Å². The van der Waals surface area contributed by atoms with Gasteiger partial charge in [-0.3, -0.25) is 4.79 Å². The fourth-order valence-electron chi connectivity index (χ4n) is 2.34. The Balaban J connectivity index is 0.00000220. The Labute approximate surface area is 130 Å². The second-order valence-electron chi connectivity index (χ2n) is 5.04. The second-order valence-corrected chi connectivity index (χ2v) is 5.04. The molecule has 0 spiro atoms. The topological polar surface area (TPSA) is 55.6 Å². The van der Waals surface area contributed by atoms with Gasteiger partial charge in [-0.15, -0.1) is 12.4 Å². The van der Waals surface area contributed by atoms with Gasteiger partial charge in [-0.1, -0.05) is 0 Å². The first-order chi connectivity index (χ1) is 9.69. The van der Waals surface area contributed by atoms with E-state index in [2.05, 4.69) is 0 Å². The number of halogens is 2. The zero-order valence-electron chi connectivity index (χ0n) is 12.0. The van der Waals surface area contributed by atoms with Crippen molar-refractivity contribution in [1.82, 2.24) is 4.90 Å². The number of carbonyl (C=O) groups excluding carboxylic acids is 1. The zero-order chi connectivity index (χ0) is 14.4. The number of nitrogens with zero attached hydrogens (tertiary/aromatic N) is 1. The van der Waals surface area contributed by atoms with Crippen molar-refractivity contribution in [3.8, 4) is 5.75 Å². The van der Waals surface area contributed by atoms with Crippen molar-refractivity contribution < 1.29 is 13.9 Å². The fourth-order valence-corrected chi connectivity index (χ4v) is 2.34. The summed E-state index contributed by atoms with van der Waals surface area (Å²) in [5, 5.41) is 0. The quantitative estimate of drug-likeness (QED) is 0.907. The van der Waals surface area contributed by atoms with E-state index in [1.807, 2.05) is 4.90 Å². The summed E-state index contributed by atoms with van der Waals surface area (Å²) >= 11 is 0. The van der Waals surface area contributed by atoms with Crippen molar-refractivity contribution in [3.05, 3.63) is 30.1 Å². The van der Waals surface area contributed by atoms with E-state index in [0.29, 0.717) is 18.7 Å². The summed E-state index contributed by atoms with van der Waals surface area (Å²) in [6.45, 7) is 1.99. The summed E-state index contributed by atoms with van der Waals surface area (Å²) in [6.07, 6.45) is 2.99. The van der Waals surface area contributed by atoms with Crippen LogP contribution >= 0.6 is 12.4 Å². The van der Waals surface area contributed by atoms with E-state index in [9.17, 15) is 9.18 Å². The first-order valence-corrected chi connectivity index (χ1v) is 7.09. The fraction of sp³-hybridized carbons (Fsp3) is 0.533. The average molecular weight is 317 g/mol. The Bertz CT molecular complexity index is 434. The Kier molecular flexibility index (Phi) is 7.47. The SMILES string of the molecule is Cl.NCCCC(=O)N1CCC(Oc2ccc(F)cc2)CC1. The van der Waals surface area contributed by atoms with Crippen molar-refractivity contribution in [1.29, 1.82) is 0 Å². The van der Waals surface area contributed by atoms with Crippen LogP contribution in [0.3, 0.4) is 0 Å². The molecule has 1 aliphatic rings. The summed E-state index contributed by atoms with van der Waals surface area (Å²) in [5.41, 5.74) is 5.41. The van der Waals surface area contributed by atoms with Crippen molar-refractivity contribution in [2.75, 3.05) is 19.6 Å². The molecule has 0 bridgehead atoms. The number of piperidine rings is 1. The third-order valence-corrected chi connectivity index (χ3v) is 3.51. The minimum atomic E-state index is -0.266. The number of hydrogen-bond acceptors (Lipinski definition) is 3. The van der Waals surface area contributed by atoms with Crippen LogP contribution in [0, 0.1) is 5.82 Å². The number of nitrogens with two attached hydrogens (primary N) is 1. The Morgan fingerprint density at radius 1 is 1.29 bits per heavy atom. The molecular formula is C15H22ClFN2O2. The maximum absolute atomic E-state index is 12.8. The summed E-state index contributed by atoms with van der Waals surface area (Å²) in [7, 11) is 0. The summed E-state index contributed by atoms with van der Waals surface area (Å²) < 4.78 is 18.6. The molecule has 1 aromatic carbocycles. The van der Waals surface area contributed by atoms with Crippen LogP contribution in [0.5, 0.6) is 5.75 Å². The maximum atomic E-state index is 12.8. The van der Waals surface area contributed by atoms with Gasteiger partial charge in [-0.2, -0.15) is 0 Å². The number of hydrogen-bond donors (Lipinski definition) is 1. The van der Waals surface area contributed by atoms with E-state index in [1.165, 1.54) is 12.1 Å². The number of amides is 1. The molecule has 2 N–H and O–H groups in total. The third kappa shape index (κ3) is 5.52. The van der Waals surface area contributed by atoms with Gasteiger partial charge in [0, 0.05) is 32.4 Å². The lowest BCUT2D eigenvalue weighted by molar-refractivity contribution is -0.133. The van der Waals surface area contributed by atoms with Gasteiger partial charge in [0.15, 0.2) is 0 Å². The van der Waals surface area contributed by atoms with Crippen LogP contribution in [0.4, 0.5) is 4.39 Å². The van der Waals surface area contributed by atoms with Crippen molar-refractivity contribution in [2.45, 2.75) is 31.8 Å². The molecule has 118 valence electrons. The van der Waals surface area contributed by atoms with Crippen molar-refractivity contribution in [2.24, 2.45) is 5.73 Å².